The van der Waals surface area contributed by atoms with E-state index in [0.717, 1.165) is 66.6 Å². The van der Waals surface area contributed by atoms with Gasteiger partial charge in [-0.1, -0.05) is 6.07 Å². The lowest BCUT2D eigenvalue weighted by Gasteiger charge is -2.32. The van der Waals surface area contributed by atoms with Gasteiger partial charge in [0.2, 0.25) is 0 Å². The monoisotopic (exact) mass is 477 g/mol. The van der Waals surface area contributed by atoms with Crippen molar-refractivity contribution in [3.05, 3.63) is 90.9 Å². The van der Waals surface area contributed by atoms with Crippen molar-refractivity contribution >= 4 is 17.0 Å². The number of nitrogen functional groups attached to an aromatic ring is 1. The number of aromatic nitrogens is 5. The minimum atomic E-state index is 0.203. The molecule has 0 amide bonds. The molecule has 0 spiro atoms. The standard InChI is InChI=1S/C28H27N7O/c29-26-18-20(10-15-31-26)19-34-16-11-23(12-17-34)36-22-8-6-21(7-9-22)35-27-25(5-3-14-32-27)33-28(35)24-4-1-2-13-30-24/h1-10,13-15,18,23H,11-12,16-17,19H2,(H2,29,31). The summed E-state index contributed by atoms with van der Waals surface area (Å²) < 4.78 is 8.39. The number of nitrogens with zero attached hydrogens (tertiary/aromatic N) is 6. The molecule has 8 nitrogen and oxygen atoms in total. The highest BCUT2D eigenvalue weighted by molar-refractivity contribution is 5.79. The Morgan fingerprint density at radius 2 is 1.69 bits per heavy atom. The van der Waals surface area contributed by atoms with Crippen LogP contribution in [0.25, 0.3) is 28.4 Å². The van der Waals surface area contributed by atoms with E-state index in [4.69, 9.17) is 15.5 Å². The fourth-order valence-corrected chi connectivity index (χ4v) is 4.73. The molecule has 1 saturated heterocycles. The maximum atomic E-state index is 6.34. The van der Waals surface area contributed by atoms with Crippen LogP contribution in [0.1, 0.15) is 18.4 Å². The number of piperidine rings is 1. The maximum Gasteiger partial charge on any atom is 0.165 e. The number of ether oxygens (including phenoxy) is 1. The highest BCUT2D eigenvalue weighted by Gasteiger charge is 2.21. The fourth-order valence-electron chi connectivity index (χ4n) is 4.73. The summed E-state index contributed by atoms with van der Waals surface area (Å²) in [6.45, 7) is 2.87. The highest BCUT2D eigenvalue weighted by atomic mass is 16.5. The van der Waals surface area contributed by atoms with Crippen molar-refractivity contribution in [3.8, 4) is 23.0 Å². The predicted octanol–water partition coefficient (Wildman–Crippen LogP) is 4.50. The van der Waals surface area contributed by atoms with Gasteiger partial charge in [0.15, 0.2) is 11.5 Å². The third kappa shape index (κ3) is 4.63. The molecule has 1 aliphatic heterocycles. The van der Waals surface area contributed by atoms with Crippen molar-refractivity contribution in [2.45, 2.75) is 25.5 Å². The van der Waals surface area contributed by atoms with Crippen molar-refractivity contribution in [2.75, 3.05) is 18.8 Å². The molecule has 0 unspecified atom stereocenters. The molecule has 0 saturated carbocycles. The zero-order chi connectivity index (χ0) is 24.3. The van der Waals surface area contributed by atoms with Gasteiger partial charge in [0, 0.05) is 43.9 Å². The van der Waals surface area contributed by atoms with Crippen molar-refractivity contribution in [1.82, 2.24) is 29.4 Å². The molecule has 180 valence electrons. The van der Waals surface area contributed by atoms with Crippen LogP contribution in [-0.4, -0.2) is 48.6 Å². The van der Waals surface area contributed by atoms with Gasteiger partial charge < -0.3 is 10.5 Å². The van der Waals surface area contributed by atoms with E-state index in [2.05, 4.69) is 32.0 Å². The summed E-state index contributed by atoms with van der Waals surface area (Å²) in [6, 6.07) is 21.8. The van der Waals surface area contributed by atoms with E-state index in [-0.39, 0.29) is 6.10 Å². The lowest BCUT2D eigenvalue weighted by Crippen LogP contribution is -2.37. The second kappa shape index (κ2) is 9.75. The second-order valence-corrected chi connectivity index (χ2v) is 9.01. The first-order valence-electron chi connectivity index (χ1n) is 12.2. The molecule has 1 aromatic carbocycles. The summed E-state index contributed by atoms with van der Waals surface area (Å²) in [4.78, 5) is 20.4. The quantitative estimate of drug-likeness (QED) is 0.385. The number of anilines is 1. The van der Waals surface area contributed by atoms with Gasteiger partial charge in [-0.2, -0.15) is 0 Å². The van der Waals surface area contributed by atoms with E-state index in [1.165, 1.54) is 5.56 Å². The average Bonchev–Trinajstić information content (AvgIpc) is 3.31. The van der Waals surface area contributed by atoms with E-state index < -0.39 is 0 Å². The van der Waals surface area contributed by atoms with Gasteiger partial charge in [0.05, 0.1) is 0 Å². The molecule has 5 aromatic rings. The normalized spacial score (nSPS) is 14.8. The number of benzene rings is 1. The number of imidazole rings is 1. The summed E-state index contributed by atoms with van der Waals surface area (Å²) in [7, 11) is 0. The summed E-state index contributed by atoms with van der Waals surface area (Å²) in [5.74, 6) is 2.21. The van der Waals surface area contributed by atoms with Gasteiger partial charge in [0.25, 0.3) is 0 Å². The number of hydrogen-bond donors (Lipinski definition) is 1. The van der Waals surface area contributed by atoms with E-state index in [0.29, 0.717) is 5.82 Å². The summed E-state index contributed by atoms with van der Waals surface area (Å²) in [6.07, 6.45) is 7.52. The SMILES string of the molecule is Nc1cc(CN2CCC(Oc3ccc(-n4c(-c5ccccn5)nc5cccnc54)cc3)CC2)ccn1. The van der Waals surface area contributed by atoms with Crippen LogP contribution in [0.5, 0.6) is 5.75 Å². The molecule has 36 heavy (non-hydrogen) atoms. The molecule has 0 bridgehead atoms. The number of rotatable bonds is 6. The number of nitrogens with two attached hydrogens (primary N) is 1. The Morgan fingerprint density at radius 3 is 2.47 bits per heavy atom. The maximum absolute atomic E-state index is 6.34. The topological polar surface area (TPSA) is 95.0 Å². The van der Waals surface area contributed by atoms with Crippen LogP contribution in [0.15, 0.2) is 85.3 Å². The molecule has 1 fully saturated rings. The van der Waals surface area contributed by atoms with E-state index in [9.17, 15) is 0 Å². The number of pyridine rings is 3. The van der Waals surface area contributed by atoms with Gasteiger partial charge in [-0.15, -0.1) is 0 Å². The zero-order valence-electron chi connectivity index (χ0n) is 19.9. The van der Waals surface area contributed by atoms with Crippen LogP contribution >= 0.6 is 0 Å². The molecule has 5 heterocycles. The van der Waals surface area contributed by atoms with E-state index >= 15 is 0 Å². The van der Waals surface area contributed by atoms with Crippen molar-refractivity contribution in [1.29, 1.82) is 0 Å². The molecule has 1 aliphatic rings. The molecule has 6 rings (SSSR count). The van der Waals surface area contributed by atoms with Gasteiger partial charge in [-0.3, -0.25) is 14.5 Å². The Kier molecular flexibility index (Phi) is 6.01. The van der Waals surface area contributed by atoms with Gasteiger partial charge in [0.1, 0.15) is 28.9 Å². The first-order chi connectivity index (χ1) is 17.7. The first-order valence-corrected chi connectivity index (χ1v) is 12.2. The Bertz CT molecular complexity index is 1460. The van der Waals surface area contributed by atoms with Crippen LogP contribution in [0.3, 0.4) is 0 Å². The number of likely N-dealkylation sites (tertiary alicyclic amines) is 1. The Morgan fingerprint density at radius 1 is 0.861 bits per heavy atom. The Balaban J connectivity index is 1.16. The molecular weight excluding hydrogens is 450 g/mol. The highest BCUT2D eigenvalue weighted by Crippen LogP contribution is 2.28. The molecule has 0 aliphatic carbocycles. The van der Waals surface area contributed by atoms with Crippen molar-refractivity contribution in [2.24, 2.45) is 0 Å². The van der Waals surface area contributed by atoms with Crippen LogP contribution in [0.2, 0.25) is 0 Å². The van der Waals surface area contributed by atoms with Crippen LogP contribution in [0.4, 0.5) is 5.82 Å². The summed E-state index contributed by atoms with van der Waals surface area (Å²) in [5, 5.41) is 0. The lowest BCUT2D eigenvalue weighted by atomic mass is 10.1. The number of fused-ring (bicyclic) bond motifs is 1. The van der Waals surface area contributed by atoms with Gasteiger partial charge in [-0.05, 0) is 79.1 Å². The Labute approximate surface area is 209 Å². The van der Waals surface area contributed by atoms with E-state index in [1.54, 1.807) is 18.6 Å². The summed E-state index contributed by atoms with van der Waals surface area (Å²) in [5.41, 5.74) is 10.4. The fraction of sp³-hybridized carbons (Fsp3) is 0.214. The van der Waals surface area contributed by atoms with Crippen molar-refractivity contribution < 1.29 is 4.74 Å². The smallest absolute Gasteiger partial charge is 0.165 e. The molecule has 0 atom stereocenters. The van der Waals surface area contributed by atoms with E-state index in [1.807, 2.05) is 59.2 Å². The van der Waals surface area contributed by atoms with Crippen LogP contribution in [-0.2, 0) is 6.54 Å². The first kappa shape index (κ1) is 22.2. The van der Waals surface area contributed by atoms with Crippen LogP contribution < -0.4 is 10.5 Å². The molecular formula is C28H27N7O. The third-order valence-electron chi connectivity index (χ3n) is 6.49. The van der Waals surface area contributed by atoms with Crippen molar-refractivity contribution in [3.63, 3.8) is 0 Å². The predicted molar refractivity (Wildman–Crippen MR) is 140 cm³/mol. The second-order valence-electron chi connectivity index (χ2n) is 9.01. The zero-order valence-corrected chi connectivity index (χ0v) is 19.9. The Hall–Kier alpha value is -4.30. The minimum absolute atomic E-state index is 0.203. The summed E-state index contributed by atoms with van der Waals surface area (Å²) >= 11 is 0. The van der Waals surface area contributed by atoms with Crippen LogP contribution in [0, 0.1) is 0 Å². The molecule has 2 N–H and O–H groups in total. The average molecular weight is 478 g/mol. The largest absolute Gasteiger partial charge is 0.490 e. The lowest BCUT2D eigenvalue weighted by molar-refractivity contribution is 0.0968. The molecule has 4 aromatic heterocycles. The minimum Gasteiger partial charge on any atom is -0.490 e. The molecule has 8 heteroatoms. The number of hydrogen-bond acceptors (Lipinski definition) is 7. The van der Waals surface area contributed by atoms with Gasteiger partial charge in [-0.25, -0.2) is 15.0 Å². The third-order valence-corrected chi connectivity index (χ3v) is 6.49. The molecule has 0 radical (unpaired) electrons. The van der Waals surface area contributed by atoms with Gasteiger partial charge >= 0.3 is 0 Å².